The number of hydrogen-bond donors (Lipinski definition) is 2. The molecular formula is C17H19N5O3. The lowest BCUT2D eigenvalue weighted by molar-refractivity contribution is 0.0960. The minimum absolute atomic E-state index is 0.00580. The number of rotatable bonds is 4. The van der Waals surface area contributed by atoms with E-state index in [1.54, 1.807) is 19.4 Å². The van der Waals surface area contributed by atoms with E-state index in [1.807, 2.05) is 13.0 Å². The Balaban J connectivity index is 2.50. The maximum Gasteiger partial charge on any atom is 0.267 e. The first-order chi connectivity index (χ1) is 12.0. The summed E-state index contributed by atoms with van der Waals surface area (Å²) in [6.45, 7) is 2.51. The number of aromatic nitrogens is 3. The van der Waals surface area contributed by atoms with Gasteiger partial charge < -0.3 is 14.6 Å². The normalized spacial score (nSPS) is 11.2. The van der Waals surface area contributed by atoms with Gasteiger partial charge >= 0.3 is 0 Å². The summed E-state index contributed by atoms with van der Waals surface area (Å²) >= 11 is 0. The zero-order valence-corrected chi connectivity index (χ0v) is 14.3. The number of methoxy groups -OCH3 is 1. The summed E-state index contributed by atoms with van der Waals surface area (Å²) in [4.78, 5) is 29.7. The summed E-state index contributed by atoms with van der Waals surface area (Å²) in [6, 6.07) is 5.08. The molecular weight excluding hydrogens is 322 g/mol. The minimum Gasteiger partial charge on any atom is -0.383 e. The minimum atomic E-state index is -0.424. The molecule has 0 bridgehead atoms. The maximum atomic E-state index is 12.9. The Bertz CT molecular complexity index is 1100. The van der Waals surface area contributed by atoms with Gasteiger partial charge in [0, 0.05) is 26.9 Å². The molecule has 1 amide bonds. The number of pyridine rings is 2. The van der Waals surface area contributed by atoms with E-state index in [9.17, 15) is 9.59 Å². The van der Waals surface area contributed by atoms with Crippen LogP contribution < -0.4 is 16.4 Å². The highest BCUT2D eigenvalue weighted by atomic mass is 16.5. The van der Waals surface area contributed by atoms with Gasteiger partial charge in [-0.25, -0.2) is 4.98 Å². The summed E-state index contributed by atoms with van der Waals surface area (Å²) in [5.74, 6) is -0.424. The van der Waals surface area contributed by atoms with Crippen LogP contribution in [0.1, 0.15) is 15.9 Å². The Hall–Kier alpha value is -3.00. The summed E-state index contributed by atoms with van der Waals surface area (Å²) in [6.07, 6.45) is 1.64. The van der Waals surface area contributed by atoms with E-state index in [2.05, 4.69) is 10.3 Å². The van der Waals surface area contributed by atoms with Crippen molar-refractivity contribution < 1.29 is 9.53 Å². The van der Waals surface area contributed by atoms with Crippen molar-refractivity contribution in [2.24, 2.45) is 0 Å². The molecule has 0 spiro atoms. The van der Waals surface area contributed by atoms with E-state index in [0.29, 0.717) is 24.4 Å². The highest BCUT2D eigenvalue weighted by Gasteiger charge is 2.17. The molecule has 0 saturated heterocycles. The zero-order chi connectivity index (χ0) is 18.1. The molecule has 0 radical (unpaired) electrons. The lowest BCUT2D eigenvalue weighted by atomic mass is 10.2. The number of fused-ring (bicyclic) bond motifs is 2. The Morgan fingerprint density at radius 3 is 2.84 bits per heavy atom. The number of hydrogen-bond acceptors (Lipinski definition) is 5. The largest absolute Gasteiger partial charge is 0.383 e. The van der Waals surface area contributed by atoms with E-state index >= 15 is 0 Å². The molecule has 0 aliphatic heterocycles. The van der Waals surface area contributed by atoms with Crippen LogP contribution in [-0.2, 0) is 11.3 Å². The molecule has 3 aromatic heterocycles. The number of nitrogens with one attached hydrogen (secondary N) is 2. The topological polar surface area (TPSA) is 101 Å². The molecule has 0 aliphatic carbocycles. The second kappa shape index (κ2) is 6.48. The fraction of sp³-hybridized carbons (Fsp3) is 0.294. The second-order valence-electron chi connectivity index (χ2n) is 5.67. The van der Waals surface area contributed by atoms with Gasteiger partial charge in [0.1, 0.15) is 16.8 Å². The van der Waals surface area contributed by atoms with Crippen LogP contribution in [0.4, 0.5) is 0 Å². The Morgan fingerprint density at radius 2 is 2.16 bits per heavy atom. The number of amides is 1. The van der Waals surface area contributed by atoms with Gasteiger partial charge in [-0.15, -0.1) is 0 Å². The molecule has 130 valence electrons. The van der Waals surface area contributed by atoms with E-state index in [-0.39, 0.29) is 22.0 Å². The summed E-state index contributed by atoms with van der Waals surface area (Å²) in [5, 5.41) is 11.2. The lowest BCUT2D eigenvalue weighted by Crippen LogP contribution is -2.34. The van der Waals surface area contributed by atoms with Gasteiger partial charge in [0.25, 0.3) is 11.5 Å². The number of carbonyl (C=O) groups excluding carboxylic acids is 1. The third kappa shape index (κ3) is 2.70. The smallest absolute Gasteiger partial charge is 0.267 e. The van der Waals surface area contributed by atoms with Crippen molar-refractivity contribution in [2.45, 2.75) is 13.5 Å². The van der Waals surface area contributed by atoms with Gasteiger partial charge in [-0.2, -0.15) is 0 Å². The summed E-state index contributed by atoms with van der Waals surface area (Å²) < 4.78 is 8.09. The highest BCUT2D eigenvalue weighted by molar-refractivity contribution is 5.96. The molecule has 0 saturated carbocycles. The van der Waals surface area contributed by atoms with Crippen molar-refractivity contribution >= 4 is 22.6 Å². The Kier molecular flexibility index (Phi) is 4.37. The molecule has 0 atom stereocenters. The third-order valence-corrected chi connectivity index (χ3v) is 4.12. The monoisotopic (exact) mass is 341 g/mol. The van der Waals surface area contributed by atoms with Crippen molar-refractivity contribution in [3.8, 4) is 0 Å². The standard InChI is InChI=1S/C17H19N5O3/c1-10-5-4-6-22-14(10)20-15-12(17(22)24)9-11(16(23)19-2)13(18)21(15)7-8-25-3/h4-6,9,18H,7-8H2,1-3H3,(H,19,23). The van der Waals surface area contributed by atoms with Crippen LogP contribution in [0.5, 0.6) is 0 Å². The molecule has 0 aromatic carbocycles. The van der Waals surface area contributed by atoms with Crippen LogP contribution in [0.25, 0.3) is 16.7 Å². The first-order valence-electron chi connectivity index (χ1n) is 7.80. The van der Waals surface area contributed by atoms with Crippen LogP contribution in [-0.4, -0.2) is 40.6 Å². The molecule has 8 nitrogen and oxygen atoms in total. The number of aryl methyl sites for hydroxylation is 1. The fourth-order valence-electron chi connectivity index (χ4n) is 2.80. The van der Waals surface area contributed by atoms with Crippen LogP contribution in [0, 0.1) is 12.3 Å². The molecule has 8 heteroatoms. The molecule has 0 fully saturated rings. The number of ether oxygens (including phenoxy) is 1. The molecule has 2 N–H and O–H groups in total. The van der Waals surface area contributed by atoms with Crippen LogP contribution in [0.15, 0.2) is 29.2 Å². The Labute approximate surface area is 143 Å². The first-order valence-corrected chi connectivity index (χ1v) is 7.80. The number of nitrogens with zero attached hydrogens (tertiary/aromatic N) is 3. The van der Waals surface area contributed by atoms with Crippen molar-refractivity contribution in [2.75, 3.05) is 20.8 Å². The molecule has 3 heterocycles. The van der Waals surface area contributed by atoms with E-state index in [4.69, 9.17) is 10.1 Å². The van der Waals surface area contributed by atoms with Gasteiger partial charge in [-0.1, -0.05) is 6.07 Å². The van der Waals surface area contributed by atoms with Crippen molar-refractivity contribution in [1.82, 2.24) is 19.3 Å². The number of carbonyl (C=O) groups is 1. The van der Waals surface area contributed by atoms with Gasteiger partial charge in [-0.05, 0) is 24.6 Å². The van der Waals surface area contributed by atoms with E-state index in [0.717, 1.165) is 5.56 Å². The van der Waals surface area contributed by atoms with Crippen LogP contribution in [0.2, 0.25) is 0 Å². The maximum absolute atomic E-state index is 12.9. The molecule has 0 unspecified atom stereocenters. The van der Waals surface area contributed by atoms with Crippen LogP contribution in [0.3, 0.4) is 0 Å². The van der Waals surface area contributed by atoms with Crippen molar-refractivity contribution in [3.63, 3.8) is 0 Å². The van der Waals surface area contributed by atoms with E-state index < -0.39 is 5.91 Å². The Morgan fingerprint density at radius 1 is 1.40 bits per heavy atom. The zero-order valence-electron chi connectivity index (χ0n) is 14.3. The highest BCUT2D eigenvalue weighted by Crippen LogP contribution is 2.12. The third-order valence-electron chi connectivity index (χ3n) is 4.12. The quantitative estimate of drug-likeness (QED) is 0.673. The average Bonchev–Trinajstić information content (AvgIpc) is 2.61. The van der Waals surface area contributed by atoms with E-state index in [1.165, 1.54) is 22.1 Å². The van der Waals surface area contributed by atoms with Crippen molar-refractivity contribution in [1.29, 1.82) is 5.41 Å². The molecule has 3 rings (SSSR count). The van der Waals surface area contributed by atoms with Crippen molar-refractivity contribution in [3.05, 3.63) is 51.4 Å². The predicted octanol–water partition coefficient (Wildman–Crippen LogP) is 0.443. The van der Waals surface area contributed by atoms with Gasteiger partial charge in [0.2, 0.25) is 0 Å². The SMILES string of the molecule is CNC(=O)c1cc2c(=O)n3cccc(C)c3nc2n(CCOC)c1=N. The molecule has 25 heavy (non-hydrogen) atoms. The summed E-state index contributed by atoms with van der Waals surface area (Å²) in [7, 11) is 3.04. The molecule has 0 aliphatic rings. The van der Waals surface area contributed by atoms with Gasteiger partial charge in [0.05, 0.1) is 17.6 Å². The first kappa shape index (κ1) is 16.8. The van der Waals surface area contributed by atoms with Crippen LogP contribution >= 0.6 is 0 Å². The fourth-order valence-corrected chi connectivity index (χ4v) is 2.80. The summed E-state index contributed by atoms with van der Waals surface area (Å²) in [5.41, 5.74) is 1.58. The molecule has 3 aromatic rings. The second-order valence-corrected chi connectivity index (χ2v) is 5.67. The lowest BCUT2D eigenvalue weighted by Gasteiger charge is -2.14. The predicted molar refractivity (Wildman–Crippen MR) is 92.8 cm³/mol. The average molecular weight is 341 g/mol. The van der Waals surface area contributed by atoms with Gasteiger partial charge in [-0.3, -0.25) is 19.4 Å². The van der Waals surface area contributed by atoms with Gasteiger partial charge in [0.15, 0.2) is 0 Å².